The summed E-state index contributed by atoms with van der Waals surface area (Å²) in [7, 11) is 0. The van der Waals surface area contributed by atoms with Gasteiger partial charge in [-0.15, -0.1) is 0 Å². The highest BCUT2D eigenvalue weighted by atomic mass is 16.7. The minimum Gasteiger partial charge on any atom is -0.394 e. The minimum absolute atomic E-state index is 0.248. The third-order valence-electron chi connectivity index (χ3n) is 15.1. The number of aliphatic hydroxyl groups excluding tert-OH is 8. The van der Waals surface area contributed by atoms with Gasteiger partial charge >= 0.3 is 0 Å². The molecule has 0 aromatic heterocycles. The maximum Gasteiger partial charge on any atom is 0.220 e. The van der Waals surface area contributed by atoms with Crippen LogP contribution < -0.4 is 5.32 Å². The molecule has 2 rings (SSSR count). The number of carbonyl (C=O) groups is 1. The highest BCUT2D eigenvalue weighted by molar-refractivity contribution is 5.76. The van der Waals surface area contributed by atoms with E-state index in [0.29, 0.717) is 6.42 Å². The number of hydrogen-bond donors (Lipinski definition) is 9. The van der Waals surface area contributed by atoms with Crippen LogP contribution in [0.1, 0.15) is 258 Å². The van der Waals surface area contributed by atoms with E-state index >= 15 is 0 Å². The van der Waals surface area contributed by atoms with Gasteiger partial charge in [0.05, 0.1) is 32.0 Å². The maximum atomic E-state index is 13.2. The third-order valence-corrected chi connectivity index (χ3v) is 15.1. The van der Waals surface area contributed by atoms with Crippen molar-refractivity contribution in [1.29, 1.82) is 0 Å². The topological polar surface area (TPSA) is 228 Å². The lowest BCUT2D eigenvalue weighted by molar-refractivity contribution is -0.359. The molecule has 9 N–H and O–H groups in total. The van der Waals surface area contributed by atoms with Crippen molar-refractivity contribution in [1.82, 2.24) is 5.32 Å². The van der Waals surface area contributed by atoms with Gasteiger partial charge in [-0.1, -0.05) is 237 Å². The van der Waals surface area contributed by atoms with Gasteiger partial charge in [-0.25, -0.2) is 0 Å². The first-order valence-electron chi connectivity index (χ1n) is 30.6. The minimum atomic E-state index is -1.79. The molecule has 12 atom stereocenters. The van der Waals surface area contributed by atoms with Crippen molar-refractivity contribution in [3.05, 3.63) is 24.3 Å². The van der Waals surface area contributed by atoms with Crippen LogP contribution in [0.4, 0.5) is 0 Å². The summed E-state index contributed by atoms with van der Waals surface area (Å²) in [5.74, 6) is -0.248. The second-order valence-corrected chi connectivity index (χ2v) is 21.8. The maximum absolute atomic E-state index is 13.2. The smallest absolute Gasteiger partial charge is 0.220 e. The van der Waals surface area contributed by atoms with Crippen LogP contribution >= 0.6 is 0 Å². The molecule has 14 nitrogen and oxygen atoms in total. The predicted molar refractivity (Wildman–Crippen MR) is 295 cm³/mol. The van der Waals surface area contributed by atoms with E-state index in [1.807, 2.05) is 6.08 Å². The second-order valence-electron chi connectivity index (χ2n) is 21.8. The lowest BCUT2D eigenvalue weighted by Gasteiger charge is -2.46. The molecular weight excluding hydrogens is 943 g/mol. The molecule has 0 radical (unpaired) electrons. The molecular formula is C60H113NO13. The van der Waals surface area contributed by atoms with E-state index in [2.05, 4.69) is 31.3 Å². The van der Waals surface area contributed by atoms with Crippen molar-refractivity contribution in [2.24, 2.45) is 0 Å². The van der Waals surface area contributed by atoms with Crippen molar-refractivity contribution in [3.8, 4) is 0 Å². The molecule has 436 valence electrons. The lowest BCUT2D eigenvalue weighted by atomic mass is 9.97. The molecule has 14 heteroatoms. The Morgan fingerprint density at radius 1 is 0.473 bits per heavy atom. The lowest BCUT2D eigenvalue weighted by Crippen LogP contribution is -2.65. The number of carbonyl (C=O) groups excluding carboxylic acids is 1. The summed E-state index contributed by atoms with van der Waals surface area (Å²) >= 11 is 0. The summed E-state index contributed by atoms with van der Waals surface area (Å²) in [6.07, 6.45) is 38.2. The first kappa shape index (κ1) is 68.6. The molecule has 74 heavy (non-hydrogen) atoms. The molecule has 0 aromatic carbocycles. The molecule has 0 aliphatic carbocycles. The largest absolute Gasteiger partial charge is 0.394 e. The Kier molecular flexibility index (Phi) is 43.0. The van der Waals surface area contributed by atoms with Gasteiger partial charge in [0.25, 0.3) is 0 Å². The summed E-state index contributed by atoms with van der Waals surface area (Å²) in [5, 5.41) is 87.0. The Balaban J connectivity index is 1.68. The van der Waals surface area contributed by atoms with Crippen molar-refractivity contribution in [3.63, 3.8) is 0 Å². The van der Waals surface area contributed by atoms with Crippen molar-refractivity contribution < 1.29 is 64.6 Å². The van der Waals surface area contributed by atoms with Gasteiger partial charge in [0.15, 0.2) is 12.6 Å². The average molecular weight is 1060 g/mol. The van der Waals surface area contributed by atoms with Crippen LogP contribution in [0.15, 0.2) is 24.3 Å². The number of ether oxygens (including phenoxy) is 4. The Morgan fingerprint density at radius 3 is 1.32 bits per heavy atom. The van der Waals surface area contributed by atoms with Gasteiger partial charge in [-0.05, 0) is 38.5 Å². The van der Waals surface area contributed by atoms with E-state index < -0.39 is 86.8 Å². The second kappa shape index (κ2) is 46.4. The molecule has 12 unspecified atom stereocenters. The molecule has 0 saturated carbocycles. The average Bonchev–Trinajstić information content (AvgIpc) is 3.40. The number of nitrogens with one attached hydrogen (secondary N) is 1. The van der Waals surface area contributed by atoms with Gasteiger partial charge < -0.3 is 65.1 Å². The number of aliphatic hydroxyl groups is 8. The van der Waals surface area contributed by atoms with Crippen molar-refractivity contribution in [2.45, 2.75) is 331 Å². The van der Waals surface area contributed by atoms with Crippen LogP contribution in [0.2, 0.25) is 0 Å². The normalized spacial score (nSPS) is 25.3. The molecule has 0 spiro atoms. The molecule has 2 aliphatic heterocycles. The summed E-state index contributed by atoms with van der Waals surface area (Å²) < 4.78 is 22.7. The quantitative estimate of drug-likeness (QED) is 0.0204. The van der Waals surface area contributed by atoms with E-state index in [-0.39, 0.29) is 18.9 Å². The summed E-state index contributed by atoms with van der Waals surface area (Å²) in [5.41, 5.74) is 0. The van der Waals surface area contributed by atoms with Crippen molar-refractivity contribution >= 4 is 5.91 Å². The number of hydrogen-bond acceptors (Lipinski definition) is 13. The number of rotatable bonds is 49. The Morgan fingerprint density at radius 2 is 0.865 bits per heavy atom. The highest BCUT2D eigenvalue weighted by Crippen LogP contribution is 2.30. The van der Waals surface area contributed by atoms with Crippen LogP contribution in [0.3, 0.4) is 0 Å². The van der Waals surface area contributed by atoms with Gasteiger partial charge in [0.1, 0.15) is 48.8 Å². The molecule has 2 heterocycles. The fourth-order valence-electron chi connectivity index (χ4n) is 10.2. The third kappa shape index (κ3) is 31.8. The van der Waals surface area contributed by atoms with Crippen LogP contribution in [-0.4, -0.2) is 140 Å². The zero-order valence-electron chi connectivity index (χ0n) is 46.8. The zero-order valence-corrected chi connectivity index (χ0v) is 46.8. The first-order chi connectivity index (χ1) is 36.1. The Labute approximate surface area is 449 Å². The molecule has 2 saturated heterocycles. The summed E-state index contributed by atoms with van der Waals surface area (Å²) in [6, 6.07) is -0.916. The summed E-state index contributed by atoms with van der Waals surface area (Å²) in [4.78, 5) is 13.2. The molecule has 0 aromatic rings. The number of unbranched alkanes of at least 4 members (excludes halogenated alkanes) is 34. The van der Waals surface area contributed by atoms with Crippen LogP contribution in [0, 0.1) is 0 Å². The van der Waals surface area contributed by atoms with E-state index in [9.17, 15) is 45.6 Å². The summed E-state index contributed by atoms with van der Waals surface area (Å²) in [6.45, 7) is 2.76. The zero-order chi connectivity index (χ0) is 53.9. The van der Waals surface area contributed by atoms with Gasteiger partial charge in [0.2, 0.25) is 5.91 Å². The number of allylic oxidation sites excluding steroid dienone is 3. The molecule has 0 bridgehead atoms. The molecule has 2 aliphatic rings. The Hall–Kier alpha value is -1.53. The van der Waals surface area contributed by atoms with E-state index in [1.54, 1.807) is 6.08 Å². The fourth-order valence-corrected chi connectivity index (χ4v) is 10.2. The highest BCUT2D eigenvalue weighted by Gasteiger charge is 2.51. The molecule has 2 fully saturated rings. The predicted octanol–water partition coefficient (Wildman–Crippen LogP) is 10.4. The van der Waals surface area contributed by atoms with Crippen LogP contribution in [-0.2, 0) is 23.7 Å². The van der Waals surface area contributed by atoms with E-state index in [0.717, 1.165) is 57.8 Å². The number of amides is 1. The van der Waals surface area contributed by atoms with E-state index in [1.165, 1.54) is 173 Å². The van der Waals surface area contributed by atoms with Gasteiger partial charge in [0, 0.05) is 6.42 Å². The monoisotopic (exact) mass is 1060 g/mol. The van der Waals surface area contributed by atoms with E-state index in [4.69, 9.17) is 18.9 Å². The molecule has 1 amide bonds. The van der Waals surface area contributed by atoms with Gasteiger partial charge in [-0.2, -0.15) is 0 Å². The SMILES string of the molecule is CCCC/C=C\CCCCCCCC(=O)NC(COC1OC(CO)C(OC2OC(CO)C(O)C(O)C2O)C(O)C1O)C(O)/C=C/CCCCCCCCCCCCCCCCCCCCCCCCCCCCC. The standard InChI is InChI=1S/C60H113NO13/c1-3-5-7-9-11-13-15-16-17-18-19-20-21-22-23-24-25-26-27-28-29-30-31-32-34-35-37-39-41-43-49(64)48(61-52(65)44-42-40-38-36-33-14-12-10-8-6-4-2)47-71-59-57(70)55(68)58(51(46-63)73-59)74-60-56(69)54(67)53(66)50(45-62)72-60/h10,12,41,43,48-51,53-60,62-64,66-70H,3-9,11,13-40,42,44-47H2,1-2H3,(H,61,65)/b12-10-,43-41+. The van der Waals surface area contributed by atoms with Gasteiger partial charge in [-0.3, -0.25) is 4.79 Å². The first-order valence-corrected chi connectivity index (χ1v) is 30.6. The Bertz CT molecular complexity index is 1340. The van der Waals surface area contributed by atoms with Crippen LogP contribution in [0.5, 0.6) is 0 Å². The van der Waals surface area contributed by atoms with Crippen LogP contribution in [0.25, 0.3) is 0 Å². The van der Waals surface area contributed by atoms with Crippen molar-refractivity contribution in [2.75, 3.05) is 19.8 Å². The fraction of sp³-hybridized carbons (Fsp3) is 0.917.